The number of rotatable bonds is 3. The third-order valence-corrected chi connectivity index (χ3v) is 2.67. The van der Waals surface area contributed by atoms with Crippen LogP contribution in [0.2, 0.25) is 0 Å². The van der Waals surface area contributed by atoms with Gasteiger partial charge in [-0.15, -0.1) is 0 Å². The van der Waals surface area contributed by atoms with Crippen LogP contribution in [-0.4, -0.2) is 14.1 Å². The number of nitrogens with two attached hydrogens (primary N) is 1. The largest absolute Gasteiger partial charge is 0.369 e. The molecule has 74 valence electrons. The van der Waals surface area contributed by atoms with Crippen molar-refractivity contribution < 1.29 is 0 Å². The van der Waals surface area contributed by atoms with Crippen molar-refractivity contribution in [2.75, 3.05) is 5.73 Å². The van der Waals surface area contributed by atoms with Gasteiger partial charge in [0.15, 0.2) is 5.95 Å². The van der Waals surface area contributed by atoms with E-state index in [9.17, 15) is 4.79 Å². The highest BCUT2D eigenvalue weighted by Crippen LogP contribution is 1.99. The van der Waals surface area contributed by atoms with Gasteiger partial charge in [0, 0.05) is 37.1 Å². The van der Waals surface area contributed by atoms with Crippen LogP contribution in [0.3, 0.4) is 0 Å². The van der Waals surface area contributed by atoms with Crippen LogP contribution < -0.4 is 10.6 Å². The van der Waals surface area contributed by atoms with Crippen LogP contribution in [-0.2, 0) is 13.1 Å². The van der Waals surface area contributed by atoms with Crippen LogP contribution in [0.4, 0.5) is 5.95 Å². The van der Waals surface area contributed by atoms with E-state index in [1.807, 2.05) is 4.57 Å². The SMILES string of the molecule is Nc1nccn1CCn1ccsc1=O. The third kappa shape index (κ3) is 1.69. The van der Waals surface area contributed by atoms with Crippen molar-refractivity contribution in [1.82, 2.24) is 14.1 Å². The van der Waals surface area contributed by atoms with Crippen molar-refractivity contribution in [3.05, 3.63) is 33.6 Å². The van der Waals surface area contributed by atoms with Crippen molar-refractivity contribution in [3.8, 4) is 0 Å². The molecule has 0 radical (unpaired) electrons. The Morgan fingerprint density at radius 2 is 2.14 bits per heavy atom. The molecule has 2 N–H and O–H groups in total. The molecule has 0 unspecified atom stereocenters. The van der Waals surface area contributed by atoms with Crippen molar-refractivity contribution >= 4 is 17.3 Å². The highest BCUT2D eigenvalue weighted by Gasteiger charge is 1.99. The van der Waals surface area contributed by atoms with Gasteiger partial charge in [-0.05, 0) is 0 Å². The number of imidazole rings is 1. The Hall–Kier alpha value is -1.56. The Bertz CT molecular complexity index is 469. The Labute approximate surface area is 84.4 Å². The second-order valence-corrected chi connectivity index (χ2v) is 3.70. The van der Waals surface area contributed by atoms with Gasteiger partial charge < -0.3 is 14.9 Å². The second kappa shape index (κ2) is 3.67. The van der Waals surface area contributed by atoms with Gasteiger partial charge in [-0.2, -0.15) is 0 Å². The molecule has 0 bridgehead atoms. The fraction of sp³-hybridized carbons (Fsp3) is 0.250. The van der Waals surface area contributed by atoms with Gasteiger partial charge in [0.2, 0.25) is 0 Å². The first-order valence-corrected chi connectivity index (χ1v) is 5.06. The zero-order chi connectivity index (χ0) is 9.97. The summed E-state index contributed by atoms with van der Waals surface area (Å²) in [4.78, 5) is 15.1. The lowest BCUT2D eigenvalue weighted by atomic mass is 10.6. The zero-order valence-electron chi connectivity index (χ0n) is 7.46. The second-order valence-electron chi connectivity index (χ2n) is 2.84. The Morgan fingerprint density at radius 3 is 2.71 bits per heavy atom. The van der Waals surface area contributed by atoms with Crippen LogP contribution in [0.5, 0.6) is 0 Å². The smallest absolute Gasteiger partial charge is 0.307 e. The topological polar surface area (TPSA) is 65.8 Å². The van der Waals surface area contributed by atoms with Crippen molar-refractivity contribution in [2.24, 2.45) is 0 Å². The minimum Gasteiger partial charge on any atom is -0.369 e. The number of nitrogens with zero attached hydrogens (tertiary/aromatic N) is 3. The third-order valence-electron chi connectivity index (χ3n) is 1.97. The van der Waals surface area contributed by atoms with E-state index >= 15 is 0 Å². The lowest BCUT2D eigenvalue weighted by Gasteiger charge is -2.04. The minimum absolute atomic E-state index is 0.0590. The van der Waals surface area contributed by atoms with E-state index in [1.54, 1.807) is 28.5 Å². The summed E-state index contributed by atoms with van der Waals surface area (Å²) >= 11 is 1.20. The molecule has 2 rings (SSSR count). The van der Waals surface area contributed by atoms with E-state index in [2.05, 4.69) is 4.98 Å². The molecule has 0 atom stereocenters. The number of nitrogen functional groups attached to an aromatic ring is 1. The summed E-state index contributed by atoms with van der Waals surface area (Å²) in [5.74, 6) is 0.480. The normalized spacial score (nSPS) is 10.6. The Balaban J connectivity index is 2.05. The molecule has 0 amide bonds. The van der Waals surface area contributed by atoms with Crippen molar-refractivity contribution in [1.29, 1.82) is 0 Å². The first kappa shape index (κ1) is 9.01. The summed E-state index contributed by atoms with van der Waals surface area (Å²) in [5, 5.41) is 1.78. The fourth-order valence-electron chi connectivity index (χ4n) is 1.20. The quantitative estimate of drug-likeness (QED) is 0.797. The summed E-state index contributed by atoms with van der Waals surface area (Å²) in [7, 11) is 0. The molecule has 2 aromatic rings. The van der Waals surface area contributed by atoms with Gasteiger partial charge in [-0.3, -0.25) is 4.79 Å². The number of hydrogen-bond acceptors (Lipinski definition) is 4. The maximum Gasteiger partial charge on any atom is 0.307 e. The van der Waals surface area contributed by atoms with E-state index in [1.165, 1.54) is 11.3 Å². The number of aromatic nitrogens is 3. The summed E-state index contributed by atoms with van der Waals surface area (Å²) in [6.45, 7) is 1.30. The standard InChI is InChI=1S/C8H10N4OS/c9-7-10-1-2-11(7)3-4-12-5-6-14-8(12)13/h1-2,5-6H,3-4H2,(H2,9,10). The molecule has 14 heavy (non-hydrogen) atoms. The average Bonchev–Trinajstić information content (AvgIpc) is 2.72. The lowest BCUT2D eigenvalue weighted by Crippen LogP contribution is -2.16. The number of aryl methyl sites for hydroxylation is 2. The molecule has 5 nitrogen and oxygen atoms in total. The van der Waals surface area contributed by atoms with Crippen molar-refractivity contribution in [3.63, 3.8) is 0 Å². The van der Waals surface area contributed by atoms with Crippen LogP contribution in [0.25, 0.3) is 0 Å². The van der Waals surface area contributed by atoms with Crippen LogP contribution in [0.1, 0.15) is 0 Å². The van der Waals surface area contributed by atoms with Crippen LogP contribution >= 0.6 is 11.3 Å². The van der Waals surface area contributed by atoms with E-state index in [-0.39, 0.29) is 4.87 Å². The zero-order valence-corrected chi connectivity index (χ0v) is 8.28. The molecule has 0 fully saturated rings. The molecular weight excluding hydrogens is 200 g/mol. The summed E-state index contributed by atoms with van der Waals surface area (Å²) in [5.41, 5.74) is 5.59. The first-order valence-electron chi connectivity index (χ1n) is 4.18. The maximum absolute atomic E-state index is 11.2. The summed E-state index contributed by atoms with van der Waals surface area (Å²) in [6.07, 6.45) is 5.22. The summed E-state index contributed by atoms with van der Waals surface area (Å²) < 4.78 is 3.47. The highest BCUT2D eigenvalue weighted by molar-refractivity contribution is 7.07. The van der Waals surface area contributed by atoms with Crippen molar-refractivity contribution in [2.45, 2.75) is 13.1 Å². The van der Waals surface area contributed by atoms with E-state index in [0.717, 1.165) is 0 Å². The van der Waals surface area contributed by atoms with Gasteiger partial charge in [0.1, 0.15) is 0 Å². The molecular formula is C8H10N4OS. The predicted octanol–water partition coefficient (Wildman–Crippen LogP) is 0.389. The molecule has 0 aromatic carbocycles. The predicted molar refractivity (Wildman–Crippen MR) is 55.2 cm³/mol. The molecule has 0 aliphatic heterocycles. The molecule has 6 heteroatoms. The molecule has 2 aromatic heterocycles. The number of hydrogen-bond donors (Lipinski definition) is 1. The number of thiazole rings is 1. The number of anilines is 1. The fourth-order valence-corrected chi connectivity index (χ4v) is 1.81. The van der Waals surface area contributed by atoms with Gasteiger partial charge in [0.05, 0.1) is 0 Å². The van der Waals surface area contributed by atoms with Gasteiger partial charge >= 0.3 is 4.87 Å². The van der Waals surface area contributed by atoms with Gasteiger partial charge in [-0.1, -0.05) is 11.3 Å². The minimum atomic E-state index is 0.0590. The molecule has 0 spiro atoms. The van der Waals surface area contributed by atoms with Gasteiger partial charge in [-0.25, -0.2) is 4.98 Å². The summed E-state index contributed by atoms with van der Waals surface area (Å²) in [6, 6.07) is 0. The lowest BCUT2D eigenvalue weighted by molar-refractivity contribution is 0.578. The highest BCUT2D eigenvalue weighted by atomic mass is 32.1. The molecule has 0 aliphatic carbocycles. The monoisotopic (exact) mass is 210 g/mol. The first-order chi connectivity index (χ1) is 6.77. The van der Waals surface area contributed by atoms with E-state index in [0.29, 0.717) is 19.0 Å². The van der Waals surface area contributed by atoms with Gasteiger partial charge in [0.25, 0.3) is 0 Å². The average molecular weight is 210 g/mol. The Morgan fingerprint density at radius 1 is 1.36 bits per heavy atom. The maximum atomic E-state index is 11.2. The molecule has 0 saturated heterocycles. The van der Waals surface area contributed by atoms with Crippen LogP contribution in [0, 0.1) is 0 Å². The van der Waals surface area contributed by atoms with Crippen LogP contribution in [0.15, 0.2) is 28.8 Å². The van der Waals surface area contributed by atoms with E-state index < -0.39 is 0 Å². The molecule has 0 aliphatic rings. The van der Waals surface area contributed by atoms with E-state index in [4.69, 9.17) is 5.73 Å². The molecule has 2 heterocycles. The molecule has 0 saturated carbocycles. The Kier molecular flexibility index (Phi) is 2.36.